The van der Waals surface area contributed by atoms with Crippen LogP contribution < -0.4 is 0 Å². The molecule has 0 saturated heterocycles. The van der Waals surface area contributed by atoms with Crippen LogP contribution in [0.25, 0.3) is 0 Å². The average Bonchev–Trinajstić information content (AvgIpc) is 2.41. The van der Waals surface area contributed by atoms with Crippen LogP contribution in [0.2, 0.25) is 0 Å². The number of unbranched alkanes of at least 4 members (excludes halogenated alkanes) is 8. The molecule has 0 aliphatic carbocycles. The Morgan fingerprint density at radius 2 is 1.42 bits per heavy atom. The smallest absolute Gasteiger partial charge is 0.115 e. The fraction of sp³-hybridized carbons (Fsp3) is 0.778. The summed E-state index contributed by atoms with van der Waals surface area (Å²) >= 11 is 0. The second-order valence-corrected chi connectivity index (χ2v) is 5.10. The van der Waals surface area contributed by atoms with Crippen molar-refractivity contribution < 1.29 is 5.11 Å². The van der Waals surface area contributed by atoms with Gasteiger partial charge in [0.1, 0.15) is 6.10 Å². The Kier molecular flexibility index (Phi) is 14.4. The van der Waals surface area contributed by atoms with Gasteiger partial charge in [-0.25, -0.2) is 0 Å². The lowest BCUT2D eigenvalue weighted by Crippen LogP contribution is -2.01. The molecule has 19 heavy (non-hydrogen) atoms. The third kappa shape index (κ3) is 15.0. The zero-order chi connectivity index (χ0) is 14.2. The molecule has 0 aromatic heterocycles. The molecule has 1 nitrogen and oxygen atoms in total. The van der Waals surface area contributed by atoms with E-state index in [4.69, 9.17) is 0 Å². The molecule has 0 aromatic rings. The van der Waals surface area contributed by atoms with E-state index >= 15 is 0 Å². The van der Waals surface area contributed by atoms with E-state index in [-0.39, 0.29) is 0 Å². The normalized spacial score (nSPS) is 11.1. The molecule has 0 radical (unpaired) electrons. The molecule has 0 rings (SSSR count). The summed E-state index contributed by atoms with van der Waals surface area (Å²) < 4.78 is 0. The summed E-state index contributed by atoms with van der Waals surface area (Å²) in [5.41, 5.74) is 0. The van der Waals surface area contributed by atoms with Gasteiger partial charge in [0.25, 0.3) is 0 Å². The molecule has 1 N–H and O–H groups in total. The first-order chi connectivity index (χ1) is 9.31. The maximum Gasteiger partial charge on any atom is 0.115 e. The Bertz CT molecular complexity index is 297. The van der Waals surface area contributed by atoms with Crippen LogP contribution >= 0.6 is 0 Å². The van der Waals surface area contributed by atoms with Gasteiger partial charge < -0.3 is 5.11 Å². The monoisotopic (exact) mass is 262 g/mol. The van der Waals surface area contributed by atoms with Gasteiger partial charge in [-0.3, -0.25) is 0 Å². The van der Waals surface area contributed by atoms with E-state index < -0.39 is 6.10 Å². The Morgan fingerprint density at radius 1 is 0.789 bits per heavy atom. The minimum Gasteiger partial charge on any atom is -0.380 e. The van der Waals surface area contributed by atoms with Crippen molar-refractivity contribution in [1.82, 2.24) is 0 Å². The summed E-state index contributed by atoms with van der Waals surface area (Å²) in [6, 6.07) is 0. The topological polar surface area (TPSA) is 20.2 Å². The number of rotatable bonds is 10. The van der Waals surface area contributed by atoms with E-state index in [2.05, 4.69) is 37.5 Å². The molecule has 0 aromatic carbocycles. The van der Waals surface area contributed by atoms with Gasteiger partial charge in [-0.1, -0.05) is 70.6 Å². The summed E-state index contributed by atoms with van der Waals surface area (Å²) in [5, 5.41) is 9.56. The summed E-state index contributed by atoms with van der Waals surface area (Å²) in [7, 11) is 0. The van der Waals surface area contributed by atoms with Crippen molar-refractivity contribution >= 4 is 0 Å². The molecule has 0 heterocycles. The highest BCUT2D eigenvalue weighted by molar-refractivity contribution is 5.27. The first-order valence-electron chi connectivity index (χ1n) is 7.97. The van der Waals surface area contributed by atoms with Crippen LogP contribution in [0.4, 0.5) is 0 Å². The third-order valence-corrected chi connectivity index (χ3v) is 3.13. The average molecular weight is 262 g/mol. The zero-order valence-electron chi connectivity index (χ0n) is 12.8. The zero-order valence-corrected chi connectivity index (χ0v) is 12.8. The van der Waals surface area contributed by atoms with E-state index in [0.717, 1.165) is 19.3 Å². The second-order valence-electron chi connectivity index (χ2n) is 5.10. The molecule has 0 amide bonds. The largest absolute Gasteiger partial charge is 0.380 e. The highest BCUT2D eigenvalue weighted by atomic mass is 16.3. The molecule has 1 atom stereocenters. The molecule has 0 bridgehead atoms. The van der Waals surface area contributed by atoms with Crippen molar-refractivity contribution in [1.29, 1.82) is 0 Å². The maximum atomic E-state index is 9.56. The number of hydrogen-bond acceptors (Lipinski definition) is 1. The van der Waals surface area contributed by atoms with Crippen LogP contribution in [0.15, 0.2) is 0 Å². The predicted octanol–water partition coefficient (Wildman–Crippen LogP) is 4.69. The summed E-state index contributed by atoms with van der Waals surface area (Å²) in [6.45, 7) is 4.40. The van der Waals surface area contributed by atoms with Crippen molar-refractivity contribution in [2.45, 2.75) is 90.6 Å². The van der Waals surface area contributed by atoms with Crippen LogP contribution in [0.5, 0.6) is 0 Å². The molecular weight excluding hydrogens is 232 g/mol. The minimum absolute atomic E-state index is 0.491. The van der Waals surface area contributed by atoms with Gasteiger partial charge >= 0.3 is 0 Å². The van der Waals surface area contributed by atoms with E-state index in [1.54, 1.807) is 0 Å². The molecule has 0 saturated carbocycles. The molecule has 108 valence electrons. The molecule has 0 spiro atoms. The highest BCUT2D eigenvalue weighted by Gasteiger charge is 1.96. The van der Waals surface area contributed by atoms with Gasteiger partial charge in [0.2, 0.25) is 0 Å². The number of aliphatic hydroxyl groups is 1. The van der Waals surface area contributed by atoms with Crippen molar-refractivity contribution in [2.75, 3.05) is 0 Å². The number of aliphatic hydroxyl groups excluding tert-OH is 1. The van der Waals surface area contributed by atoms with Gasteiger partial charge in [-0.05, 0) is 31.1 Å². The van der Waals surface area contributed by atoms with Crippen molar-refractivity contribution in [3.05, 3.63) is 0 Å². The van der Waals surface area contributed by atoms with Gasteiger partial charge in [0.05, 0.1) is 0 Å². The standard InChI is InChI=1S/C18H30O/c1-3-5-7-8-9-10-11-12-13-15-17-18(19)16-14-6-4-2/h18-19H,3-11,14,16H2,1-2H3/t18-/m0/s1. The molecule has 1 heteroatoms. The van der Waals surface area contributed by atoms with Gasteiger partial charge in [-0.2, -0.15) is 0 Å². The van der Waals surface area contributed by atoms with E-state index in [9.17, 15) is 5.11 Å². The Hall–Kier alpha value is -0.920. The lowest BCUT2D eigenvalue weighted by molar-refractivity contribution is 0.217. The van der Waals surface area contributed by atoms with Gasteiger partial charge in [0.15, 0.2) is 0 Å². The Morgan fingerprint density at radius 3 is 2.16 bits per heavy atom. The summed E-state index contributed by atoms with van der Waals surface area (Å²) in [6.07, 6.45) is 12.4. The minimum atomic E-state index is -0.491. The fourth-order valence-electron chi connectivity index (χ4n) is 1.88. The highest BCUT2D eigenvalue weighted by Crippen LogP contribution is 2.06. The van der Waals surface area contributed by atoms with Crippen LogP contribution in [0, 0.1) is 23.7 Å². The number of hydrogen-bond donors (Lipinski definition) is 1. The first-order valence-corrected chi connectivity index (χ1v) is 7.97. The first kappa shape index (κ1) is 18.1. The molecule has 0 unspecified atom stereocenters. The molecule has 0 fully saturated rings. The van der Waals surface area contributed by atoms with Crippen molar-refractivity contribution in [3.63, 3.8) is 0 Å². The lowest BCUT2D eigenvalue weighted by Gasteiger charge is -2.00. The van der Waals surface area contributed by atoms with Crippen LogP contribution in [0.1, 0.15) is 84.5 Å². The Labute approximate surface area is 120 Å². The van der Waals surface area contributed by atoms with Crippen LogP contribution in [0.3, 0.4) is 0 Å². The summed E-state index contributed by atoms with van der Waals surface area (Å²) in [5.74, 6) is 11.5. The fourth-order valence-corrected chi connectivity index (χ4v) is 1.88. The van der Waals surface area contributed by atoms with Crippen molar-refractivity contribution in [3.8, 4) is 23.7 Å². The predicted molar refractivity (Wildman–Crippen MR) is 83.7 cm³/mol. The van der Waals surface area contributed by atoms with E-state index in [1.165, 1.54) is 51.4 Å². The molecule has 0 aliphatic rings. The molecular formula is C18H30O. The lowest BCUT2D eigenvalue weighted by atomic mass is 10.1. The van der Waals surface area contributed by atoms with Gasteiger partial charge in [0, 0.05) is 6.42 Å². The Balaban J connectivity index is 3.47. The third-order valence-electron chi connectivity index (χ3n) is 3.13. The molecule has 0 aliphatic heterocycles. The maximum absolute atomic E-state index is 9.56. The SMILES string of the molecule is CCCCCCCCC#CC#C[C@@H](O)CCCCC. The van der Waals surface area contributed by atoms with E-state index in [0.29, 0.717) is 0 Å². The van der Waals surface area contributed by atoms with Crippen LogP contribution in [-0.2, 0) is 0 Å². The second kappa shape index (κ2) is 15.1. The summed E-state index contributed by atoms with van der Waals surface area (Å²) in [4.78, 5) is 0. The van der Waals surface area contributed by atoms with Crippen molar-refractivity contribution in [2.24, 2.45) is 0 Å². The van der Waals surface area contributed by atoms with E-state index in [1.807, 2.05) is 0 Å². The van der Waals surface area contributed by atoms with Crippen LogP contribution in [-0.4, -0.2) is 11.2 Å². The van der Waals surface area contributed by atoms with Gasteiger partial charge in [-0.15, -0.1) is 0 Å². The quantitative estimate of drug-likeness (QED) is 0.447.